The van der Waals surface area contributed by atoms with Gasteiger partial charge in [-0.05, 0) is 23.6 Å². The summed E-state index contributed by atoms with van der Waals surface area (Å²) in [5.41, 5.74) is 4.39. The van der Waals surface area contributed by atoms with Gasteiger partial charge in [-0.3, -0.25) is 9.59 Å². The molecule has 0 saturated heterocycles. The highest BCUT2D eigenvalue weighted by Gasteiger charge is 2.29. The van der Waals surface area contributed by atoms with Gasteiger partial charge in [-0.25, -0.2) is 0 Å². The monoisotopic (exact) mass is 446 g/mol. The molecule has 0 aliphatic heterocycles. The molecule has 3 rings (SSSR count). The lowest BCUT2D eigenvalue weighted by Crippen LogP contribution is -2.50. The van der Waals surface area contributed by atoms with Crippen LogP contribution in [0.5, 0.6) is 0 Å². The van der Waals surface area contributed by atoms with Gasteiger partial charge in [-0.15, -0.1) is 11.8 Å². The maximum Gasteiger partial charge on any atom is 0.242 e. The lowest BCUT2D eigenvalue weighted by molar-refractivity contribution is -0.139. The third-order valence-corrected chi connectivity index (χ3v) is 6.32. The Morgan fingerprint density at radius 3 is 2.03 bits per heavy atom. The first-order valence-corrected chi connectivity index (χ1v) is 11.9. The molecule has 0 aromatic heterocycles. The van der Waals surface area contributed by atoms with Gasteiger partial charge in [0, 0.05) is 25.8 Å². The van der Waals surface area contributed by atoms with Crippen LogP contribution in [0.4, 0.5) is 0 Å². The van der Waals surface area contributed by atoms with E-state index in [0.717, 1.165) is 22.4 Å². The SMILES string of the molecule is CNC(=O)C(Cc1ccccc1)N(Cc1ccc(C)cc1)C(=O)CSCc1ccccc1. The van der Waals surface area contributed by atoms with E-state index in [4.69, 9.17) is 0 Å². The Morgan fingerprint density at radius 2 is 1.44 bits per heavy atom. The fourth-order valence-corrected chi connectivity index (χ4v) is 4.39. The average molecular weight is 447 g/mol. The van der Waals surface area contributed by atoms with E-state index in [2.05, 4.69) is 17.4 Å². The molecule has 0 aliphatic carbocycles. The summed E-state index contributed by atoms with van der Waals surface area (Å²) in [6.07, 6.45) is 0.474. The predicted octanol–water partition coefficient (Wildman–Crippen LogP) is 4.61. The molecule has 3 aromatic rings. The molecule has 0 bridgehead atoms. The number of benzene rings is 3. The molecule has 0 spiro atoms. The van der Waals surface area contributed by atoms with Crippen molar-refractivity contribution in [3.8, 4) is 0 Å². The molecule has 1 unspecified atom stereocenters. The highest BCUT2D eigenvalue weighted by Crippen LogP contribution is 2.18. The molecule has 166 valence electrons. The van der Waals surface area contributed by atoms with Crippen molar-refractivity contribution >= 4 is 23.6 Å². The molecule has 0 saturated carbocycles. The topological polar surface area (TPSA) is 49.4 Å². The van der Waals surface area contributed by atoms with Crippen molar-refractivity contribution in [2.45, 2.75) is 31.7 Å². The molecule has 3 aromatic carbocycles. The molecule has 0 fully saturated rings. The van der Waals surface area contributed by atoms with E-state index in [1.54, 1.807) is 23.7 Å². The highest BCUT2D eigenvalue weighted by molar-refractivity contribution is 7.99. The Kier molecular flexibility index (Phi) is 8.93. The molecule has 2 amide bonds. The summed E-state index contributed by atoms with van der Waals surface area (Å²) in [7, 11) is 1.62. The van der Waals surface area contributed by atoms with Gasteiger partial charge in [0.1, 0.15) is 6.04 Å². The van der Waals surface area contributed by atoms with Crippen molar-refractivity contribution in [2.24, 2.45) is 0 Å². The van der Waals surface area contributed by atoms with Crippen LogP contribution >= 0.6 is 11.8 Å². The van der Waals surface area contributed by atoms with Crippen molar-refractivity contribution < 1.29 is 9.59 Å². The zero-order chi connectivity index (χ0) is 22.8. The van der Waals surface area contributed by atoms with Gasteiger partial charge in [-0.2, -0.15) is 0 Å². The molecule has 5 heteroatoms. The fraction of sp³-hybridized carbons (Fsp3) is 0.259. The molecule has 32 heavy (non-hydrogen) atoms. The van der Waals surface area contributed by atoms with E-state index in [1.165, 1.54) is 5.56 Å². The number of amides is 2. The van der Waals surface area contributed by atoms with Crippen molar-refractivity contribution in [2.75, 3.05) is 12.8 Å². The minimum atomic E-state index is -0.575. The first-order chi connectivity index (χ1) is 15.6. The number of carbonyl (C=O) groups is 2. The van der Waals surface area contributed by atoms with E-state index >= 15 is 0 Å². The maximum absolute atomic E-state index is 13.4. The summed E-state index contributed by atoms with van der Waals surface area (Å²) >= 11 is 1.58. The molecule has 0 radical (unpaired) electrons. The second kappa shape index (κ2) is 12.1. The fourth-order valence-electron chi connectivity index (χ4n) is 3.52. The molecule has 1 N–H and O–H groups in total. The quantitative estimate of drug-likeness (QED) is 0.495. The zero-order valence-electron chi connectivity index (χ0n) is 18.7. The Balaban J connectivity index is 1.80. The first-order valence-electron chi connectivity index (χ1n) is 10.8. The van der Waals surface area contributed by atoms with Crippen LogP contribution in [0.2, 0.25) is 0 Å². The van der Waals surface area contributed by atoms with Crippen LogP contribution in [0, 0.1) is 6.92 Å². The summed E-state index contributed by atoms with van der Waals surface area (Å²) < 4.78 is 0. The van der Waals surface area contributed by atoms with Crippen LogP contribution in [-0.4, -0.2) is 35.6 Å². The Bertz CT molecular complexity index is 991. The summed E-state index contributed by atoms with van der Waals surface area (Å²) in [6, 6.07) is 27.5. The van der Waals surface area contributed by atoms with Crippen LogP contribution in [0.25, 0.3) is 0 Å². The predicted molar refractivity (Wildman–Crippen MR) is 132 cm³/mol. The van der Waals surface area contributed by atoms with Crippen molar-refractivity contribution in [3.63, 3.8) is 0 Å². The number of nitrogens with one attached hydrogen (secondary N) is 1. The molecule has 0 aliphatic rings. The van der Waals surface area contributed by atoms with Gasteiger partial charge >= 0.3 is 0 Å². The Morgan fingerprint density at radius 1 is 0.844 bits per heavy atom. The molecular weight excluding hydrogens is 416 g/mol. The van der Waals surface area contributed by atoms with Crippen molar-refractivity contribution in [1.29, 1.82) is 0 Å². The minimum absolute atomic E-state index is 0.0314. The number of carbonyl (C=O) groups excluding carboxylic acids is 2. The largest absolute Gasteiger partial charge is 0.357 e. The summed E-state index contributed by atoms with van der Waals surface area (Å²) in [4.78, 5) is 28.0. The van der Waals surface area contributed by atoms with Gasteiger partial charge in [0.05, 0.1) is 5.75 Å². The number of aryl methyl sites for hydroxylation is 1. The molecule has 4 nitrogen and oxygen atoms in total. The van der Waals surface area contributed by atoms with E-state index in [9.17, 15) is 9.59 Å². The molecule has 1 atom stereocenters. The number of nitrogens with zero attached hydrogens (tertiary/aromatic N) is 1. The molecule has 0 heterocycles. The lowest BCUT2D eigenvalue weighted by Gasteiger charge is -2.31. The average Bonchev–Trinajstić information content (AvgIpc) is 2.83. The van der Waals surface area contributed by atoms with E-state index in [1.807, 2.05) is 79.7 Å². The minimum Gasteiger partial charge on any atom is -0.357 e. The summed E-state index contributed by atoms with van der Waals surface area (Å²) in [5.74, 6) is 0.899. The van der Waals surface area contributed by atoms with E-state index in [-0.39, 0.29) is 11.8 Å². The second-order valence-corrected chi connectivity index (χ2v) is 8.79. The van der Waals surface area contributed by atoms with Gasteiger partial charge in [0.25, 0.3) is 0 Å². The molecular formula is C27H30N2O2S. The van der Waals surface area contributed by atoms with E-state index < -0.39 is 6.04 Å². The lowest BCUT2D eigenvalue weighted by atomic mass is 10.0. The maximum atomic E-state index is 13.4. The standard InChI is InChI=1S/C27H30N2O2S/c1-21-13-15-23(16-14-21)18-29(26(30)20-32-19-24-11-7-4-8-12-24)25(27(31)28-2)17-22-9-5-3-6-10-22/h3-16,25H,17-20H2,1-2H3,(H,28,31). The smallest absolute Gasteiger partial charge is 0.242 e. The van der Waals surface area contributed by atoms with Crippen molar-refractivity contribution in [1.82, 2.24) is 10.2 Å². The van der Waals surface area contributed by atoms with Crippen molar-refractivity contribution in [3.05, 3.63) is 107 Å². The van der Waals surface area contributed by atoms with Gasteiger partial charge in [0.15, 0.2) is 0 Å². The summed E-state index contributed by atoms with van der Waals surface area (Å²) in [6.45, 7) is 2.44. The third kappa shape index (κ3) is 6.99. The second-order valence-electron chi connectivity index (χ2n) is 7.81. The van der Waals surface area contributed by atoms with Crippen LogP contribution in [0.3, 0.4) is 0 Å². The number of hydrogen-bond acceptors (Lipinski definition) is 3. The van der Waals surface area contributed by atoms with E-state index in [0.29, 0.717) is 18.7 Å². The number of rotatable bonds is 10. The Labute approximate surface area is 195 Å². The highest BCUT2D eigenvalue weighted by atomic mass is 32.2. The third-order valence-electron chi connectivity index (χ3n) is 5.33. The summed E-state index contributed by atoms with van der Waals surface area (Å²) in [5, 5.41) is 2.76. The van der Waals surface area contributed by atoms with Gasteiger partial charge in [-0.1, -0.05) is 90.5 Å². The van der Waals surface area contributed by atoms with Crippen LogP contribution in [0.15, 0.2) is 84.9 Å². The Hall–Kier alpha value is -3.05. The normalized spacial score (nSPS) is 11.6. The van der Waals surface area contributed by atoms with Gasteiger partial charge < -0.3 is 10.2 Å². The zero-order valence-corrected chi connectivity index (χ0v) is 19.5. The first kappa shape index (κ1) is 23.6. The number of hydrogen-bond donors (Lipinski definition) is 1. The van der Waals surface area contributed by atoms with Crippen LogP contribution in [0.1, 0.15) is 22.3 Å². The van der Waals surface area contributed by atoms with Crippen LogP contribution < -0.4 is 5.32 Å². The van der Waals surface area contributed by atoms with Crippen LogP contribution in [-0.2, 0) is 28.3 Å². The number of likely N-dealkylation sites (N-methyl/N-ethyl adjacent to an activating group) is 1. The van der Waals surface area contributed by atoms with Gasteiger partial charge in [0.2, 0.25) is 11.8 Å². The number of thioether (sulfide) groups is 1.